The van der Waals surface area contributed by atoms with Crippen LogP contribution in [0, 0.1) is 0 Å². The van der Waals surface area contributed by atoms with E-state index in [9.17, 15) is 18.4 Å². The van der Waals surface area contributed by atoms with Crippen LogP contribution in [0.5, 0.6) is 0 Å². The van der Waals surface area contributed by atoms with Gasteiger partial charge in [-0.2, -0.15) is 8.78 Å². The molecule has 0 bridgehead atoms. The third-order valence-electron chi connectivity index (χ3n) is 2.44. The number of ether oxygens (including phenoxy) is 1. The van der Waals surface area contributed by atoms with Crippen LogP contribution in [0.25, 0.3) is 0 Å². The zero-order chi connectivity index (χ0) is 12.4. The van der Waals surface area contributed by atoms with Gasteiger partial charge in [0.25, 0.3) is 11.8 Å². The van der Waals surface area contributed by atoms with Crippen molar-refractivity contribution in [2.45, 2.75) is 6.61 Å². The molecule has 0 unspecified atom stereocenters. The van der Waals surface area contributed by atoms with E-state index >= 15 is 0 Å². The molecular weight excluding hydrogens is 232 g/mol. The number of carbonyl (C=O) groups excluding carboxylic acids is 2. The van der Waals surface area contributed by atoms with Gasteiger partial charge < -0.3 is 4.74 Å². The Balaban J connectivity index is 2.08. The minimum Gasteiger partial charge on any atom is -0.321 e. The first kappa shape index (κ1) is 11.7. The molecule has 0 radical (unpaired) electrons. The predicted molar refractivity (Wildman–Crippen MR) is 53.8 cm³/mol. The molecule has 0 saturated carbocycles. The average Bonchev–Trinajstić information content (AvgIpc) is 2.54. The quantitative estimate of drug-likeness (QED) is 0.751. The van der Waals surface area contributed by atoms with Gasteiger partial charge in [-0.3, -0.25) is 14.5 Å². The first-order valence-corrected chi connectivity index (χ1v) is 4.96. The lowest BCUT2D eigenvalue weighted by Gasteiger charge is -2.13. The van der Waals surface area contributed by atoms with Crippen LogP contribution >= 0.6 is 0 Å². The van der Waals surface area contributed by atoms with Crippen molar-refractivity contribution < 1.29 is 23.1 Å². The minimum absolute atomic E-state index is 0.170. The molecule has 1 aromatic rings. The van der Waals surface area contributed by atoms with Crippen molar-refractivity contribution in [1.82, 2.24) is 4.90 Å². The van der Waals surface area contributed by atoms with Crippen LogP contribution in [0.2, 0.25) is 0 Å². The molecule has 1 aromatic carbocycles. The number of amides is 2. The highest BCUT2D eigenvalue weighted by Gasteiger charge is 2.34. The third kappa shape index (κ3) is 2.16. The number of rotatable bonds is 4. The van der Waals surface area contributed by atoms with Gasteiger partial charge >= 0.3 is 6.61 Å². The number of fused-ring (bicyclic) bond motifs is 1. The maximum absolute atomic E-state index is 11.8. The van der Waals surface area contributed by atoms with Gasteiger partial charge in [-0.05, 0) is 12.1 Å². The maximum atomic E-state index is 11.8. The van der Waals surface area contributed by atoms with E-state index in [1.165, 1.54) is 12.1 Å². The fourth-order valence-electron chi connectivity index (χ4n) is 1.68. The molecule has 17 heavy (non-hydrogen) atoms. The Morgan fingerprint density at radius 2 is 1.65 bits per heavy atom. The standard InChI is InChI=1S/C11H9F2NO3/c12-11(13)17-6-5-14-9(15)7-3-1-2-4-8(7)10(14)16/h1-4,11H,5-6H2. The second-order valence-corrected chi connectivity index (χ2v) is 3.44. The summed E-state index contributed by atoms with van der Waals surface area (Å²) in [5.74, 6) is -0.938. The molecule has 0 N–H and O–H groups in total. The lowest BCUT2D eigenvalue weighted by molar-refractivity contribution is -0.129. The van der Waals surface area contributed by atoms with Gasteiger partial charge in [0.2, 0.25) is 0 Å². The molecule has 1 aliphatic heterocycles. The van der Waals surface area contributed by atoms with Crippen LogP contribution in [0.4, 0.5) is 8.78 Å². The van der Waals surface area contributed by atoms with Gasteiger partial charge in [-0.1, -0.05) is 12.1 Å². The van der Waals surface area contributed by atoms with Crippen LogP contribution in [0.3, 0.4) is 0 Å². The average molecular weight is 241 g/mol. The highest BCUT2D eigenvalue weighted by atomic mass is 19.3. The van der Waals surface area contributed by atoms with Crippen LogP contribution in [0.15, 0.2) is 24.3 Å². The van der Waals surface area contributed by atoms with Gasteiger partial charge in [0.05, 0.1) is 24.3 Å². The van der Waals surface area contributed by atoms with Gasteiger partial charge in [0.1, 0.15) is 0 Å². The number of hydrogen-bond acceptors (Lipinski definition) is 3. The molecule has 90 valence electrons. The van der Waals surface area contributed by atoms with Crippen molar-refractivity contribution in [3.63, 3.8) is 0 Å². The van der Waals surface area contributed by atoms with Gasteiger partial charge in [0.15, 0.2) is 0 Å². The number of alkyl halides is 2. The number of nitrogens with zero attached hydrogens (tertiary/aromatic N) is 1. The van der Waals surface area contributed by atoms with Crippen molar-refractivity contribution in [3.8, 4) is 0 Å². The zero-order valence-electron chi connectivity index (χ0n) is 8.73. The maximum Gasteiger partial charge on any atom is 0.345 e. The third-order valence-corrected chi connectivity index (χ3v) is 2.44. The summed E-state index contributed by atoms with van der Waals surface area (Å²) in [6.45, 7) is -3.44. The summed E-state index contributed by atoms with van der Waals surface area (Å²) in [4.78, 5) is 24.4. The van der Waals surface area contributed by atoms with Crippen molar-refractivity contribution in [2.75, 3.05) is 13.2 Å². The zero-order valence-corrected chi connectivity index (χ0v) is 8.73. The van der Waals surface area contributed by atoms with Crippen molar-refractivity contribution >= 4 is 11.8 Å². The first-order valence-electron chi connectivity index (χ1n) is 4.96. The van der Waals surface area contributed by atoms with Crippen LogP contribution in [0.1, 0.15) is 20.7 Å². The Bertz CT molecular complexity index is 427. The monoisotopic (exact) mass is 241 g/mol. The predicted octanol–water partition coefficient (Wildman–Crippen LogP) is 1.52. The van der Waals surface area contributed by atoms with Crippen molar-refractivity contribution in [1.29, 1.82) is 0 Å². The number of imide groups is 1. The number of hydrogen-bond donors (Lipinski definition) is 0. The Kier molecular flexibility index (Phi) is 3.14. The number of carbonyl (C=O) groups is 2. The fraction of sp³-hybridized carbons (Fsp3) is 0.273. The van der Waals surface area contributed by atoms with E-state index in [1.807, 2.05) is 0 Å². The van der Waals surface area contributed by atoms with E-state index < -0.39 is 18.4 Å². The van der Waals surface area contributed by atoms with E-state index in [1.54, 1.807) is 12.1 Å². The van der Waals surface area contributed by atoms with E-state index in [0.717, 1.165) is 4.90 Å². The minimum atomic E-state index is -2.90. The summed E-state index contributed by atoms with van der Waals surface area (Å²) in [5.41, 5.74) is 0.601. The molecule has 0 aliphatic carbocycles. The normalized spacial score (nSPS) is 14.6. The Morgan fingerprint density at radius 1 is 1.12 bits per heavy atom. The lowest BCUT2D eigenvalue weighted by Crippen LogP contribution is -2.33. The molecule has 0 fully saturated rings. The molecule has 1 heterocycles. The molecule has 0 aromatic heterocycles. The topological polar surface area (TPSA) is 46.6 Å². The second kappa shape index (κ2) is 4.58. The Hall–Kier alpha value is -1.82. The van der Waals surface area contributed by atoms with Crippen LogP contribution in [-0.2, 0) is 4.74 Å². The summed E-state index contributed by atoms with van der Waals surface area (Å²) in [5, 5.41) is 0. The first-order chi connectivity index (χ1) is 8.11. The van der Waals surface area contributed by atoms with Gasteiger partial charge in [-0.25, -0.2) is 0 Å². The highest BCUT2D eigenvalue weighted by molar-refractivity contribution is 6.21. The molecule has 2 amide bonds. The summed E-state index contributed by atoms with van der Waals surface area (Å²) in [7, 11) is 0. The molecule has 0 spiro atoms. The molecular formula is C11H9F2NO3. The van der Waals surface area contributed by atoms with E-state index in [-0.39, 0.29) is 13.2 Å². The Labute approximate surface area is 95.8 Å². The van der Waals surface area contributed by atoms with Crippen molar-refractivity contribution in [3.05, 3.63) is 35.4 Å². The van der Waals surface area contributed by atoms with Crippen LogP contribution < -0.4 is 0 Å². The second-order valence-electron chi connectivity index (χ2n) is 3.44. The van der Waals surface area contributed by atoms with E-state index in [4.69, 9.17) is 0 Å². The number of benzene rings is 1. The largest absolute Gasteiger partial charge is 0.345 e. The molecule has 6 heteroatoms. The molecule has 2 rings (SSSR count). The fourth-order valence-corrected chi connectivity index (χ4v) is 1.68. The SMILES string of the molecule is O=C1c2ccccc2C(=O)N1CCOC(F)F. The van der Waals surface area contributed by atoms with Crippen molar-refractivity contribution in [2.24, 2.45) is 0 Å². The van der Waals surface area contributed by atoms with E-state index in [2.05, 4.69) is 4.74 Å². The van der Waals surface area contributed by atoms with E-state index in [0.29, 0.717) is 11.1 Å². The smallest absolute Gasteiger partial charge is 0.321 e. The number of halogens is 2. The summed E-state index contributed by atoms with van der Waals surface area (Å²) < 4.78 is 27.5. The summed E-state index contributed by atoms with van der Waals surface area (Å²) in [6, 6.07) is 6.35. The molecule has 1 aliphatic rings. The Morgan fingerprint density at radius 3 is 2.12 bits per heavy atom. The van der Waals surface area contributed by atoms with Gasteiger partial charge in [-0.15, -0.1) is 0 Å². The van der Waals surface area contributed by atoms with Gasteiger partial charge in [0, 0.05) is 0 Å². The van der Waals surface area contributed by atoms with Crippen LogP contribution in [-0.4, -0.2) is 36.5 Å². The lowest BCUT2D eigenvalue weighted by atomic mass is 10.1. The summed E-state index contributed by atoms with van der Waals surface area (Å²) in [6.07, 6.45) is 0. The molecule has 0 atom stereocenters. The molecule has 4 nitrogen and oxygen atoms in total. The summed E-state index contributed by atoms with van der Waals surface area (Å²) >= 11 is 0. The highest BCUT2D eigenvalue weighted by Crippen LogP contribution is 2.21. The molecule has 0 saturated heterocycles.